The molecule has 0 fully saturated rings. The Morgan fingerprint density at radius 1 is 0.451 bits per heavy atom. The number of anilines is 3. The summed E-state index contributed by atoms with van der Waals surface area (Å²) in [6.07, 6.45) is 3.66. The van der Waals surface area contributed by atoms with Crippen LogP contribution in [0.4, 0.5) is 17.1 Å². The summed E-state index contributed by atoms with van der Waals surface area (Å²) >= 11 is 0. The first-order valence-electron chi connectivity index (χ1n) is 17.2. The monoisotopic (exact) mass is 653 g/mol. The van der Waals surface area contributed by atoms with Crippen molar-refractivity contribution in [3.8, 4) is 27.9 Å². The Hall–Kier alpha value is -6.91. The van der Waals surface area contributed by atoms with Crippen LogP contribution in [0, 0.1) is 0 Å². The lowest BCUT2D eigenvalue weighted by Gasteiger charge is -2.30. The summed E-state index contributed by atoms with van der Waals surface area (Å²) in [6.45, 7) is 0. The van der Waals surface area contributed by atoms with Crippen molar-refractivity contribution in [2.75, 3.05) is 4.90 Å². The van der Waals surface area contributed by atoms with Crippen molar-refractivity contribution < 1.29 is 4.42 Å². The second-order valence-corrected chi connectivity index (χ2v) is 12.8. The lowest BCUT2D eigenvalue weighted by atomic mass is 9.94. The summed E-state index contributed by atoms with van der Waals surface area (Å²) in [5, 5.41) is 4.55. The van der Waals surface area contributed by atoms with Gasteiger partial charge in [-0.25, -0.2) is 0 Å². The highest BCUT2D eigenvalue weighted by molar-refractivity contribution is 6.10. The zero-order chi connectivity index (χ0) is 33.7. The summed E-state index contributed by atoms with van der Waals surface area (Å²) in [5.41, 5.74) is 13.0. The first kappa shape index (κ1) is 29.0. The zero-order valence-electron chi connectivity index (χ0n) is 27.6. The van der Waals surface area contributed by atoms with Gasteiger partial charge in [0.25, 0.3) is 0 Å². The van der Waals surface area contributed by atoms with Crippen LogP contribution >= 0.6 is 0 Å². The van der Waals surface area contributed by atoms with E-state index in [1.54, 1.807) is 6.20 Å². The number of furan rings is 1. The van der Waals surface area contributed by atoms with Gasteiger partial charge in [0, 0.05) is 62.1 Å². The van der Waals surface area contributed by atoms with Gasteiger partial charge in [0.05, 0.1) is 16.7 Å². The minimum Gasteiger partial charge on any atom is -0.456 e. The van der Waals surface area contributed by atoms with Gasteiger partial charge in [-0.2, -0.15) is 0 Å². The minimum absolute atomic E-state index is 0.831. The van der Waals surface area contributed by atoms with Crippen molar-refractivity contribution in [1.29, 1.82) is 0 Å². The van der Waals surface area contributed by atoms with Crippen molar-refractivity contribution in [2.45, 2.75) is 0 Å². The van der Waals surface area contributed by atoms with Gasteiger partial charge in [0.1, 0.15) is 11.2 Å². The number of nitrogens with zero attached hydrogens (tertiary/aromatic N) is 3. The van der Waals surface area contributed by atoms with Crippen LogP contribution in [0.2, 0.25) is 0 Å². The Bertz CT molecular complexity index is 2800. The van der Waals surface area contributed by atoms with Crippen LogP contribution in [0.1, 0.15) is 0 Å². The van der Waals surface area contributed by atoms with E-state index in [4.69, 9.17) is 4.42 Å². The Kier molecular flexibility index (Phi) is 6.78. The molecule has 0 atom stereocenters. The number of rotatable bonds is 6. The summed E-state index contributed by atoms with van der Waals surface area (Å²) in [6, 6.07) is 62.6. The molecule has 0 unspecified atom stereocenters. The third kappa shape index (κ3) is 4.80. The lowest BCUT2D eigenvalue weighted by Crippen LogP contribution is -2.12. The van der Waals surface area contributed by atoms with Crippen molar-refractivity contribution in [2.24, 2.45) is 0 Å². The van der Waals surface area contributed by atoms with E-state index in [1.807, 2.05) is 12.3 Å². The van der Waals surface area contributed by atoms with Crippen LogP contribution in [0.5, 0.6) is 0 Å². The fourth-order valence-corrected chi connectivity index (χ4v) is 7.59. The molecule has 0 bridgehead atoms. The maximum absolute atomic E-state index is 6.22. The number of benzene rings is 7. The molecular weight excluding hydrogens is 623 g/mol. The van der Waals surface area contributed by atoms with Crippen molar-refractivity contribution in [1.82, 2.24) is 9.55 Å². The van der Waals surface area contributed by atoms with Gasteiger partial charge in [-0.3, -0.25) is 4.98 Å². The molecule has 0 spiro atoms. The molecular formula is C47H31N3O. The highest BCUT2D eigenvalue weighted by atomic mass is 16.3. The van der Waals surface area contributed by atoms with E-state index in [2.05, 4.69) is 184 Å². The first-order chi connectivity index (χ1) is 25.3. The fourth-order valence-electron chi connectivity index (χ4n) is 7.59. The molecule has 0 amide bonds. The van der Waals surface area contributed by atoms with Crippen LogP contribution < -0.4 is 4.90 Å². The molecule has 0 saturated carbocycles. The molecule has 240 valence electrons. The third-order valence-corrected chi connectivity index (χ3v) is 9.89. The number of pyridine rings is 1. The maximum atomic E-state index is 6.22. The van der Waals surface area contributed by atoms with Crippen LogP contribution in [-0.4, -0.2) is 9.55 Å². The molecule has 0 aliphatic heterocycles. The fraction of sp³-hybridized carbons (Fsp3) is 0. The Balaban J connectivity index is 1.20. The van der Waals surface area contributed by atoms with Crippen LogP contribution in [0.25, 0.3) is 71.7 Å². The molecule has 7 aromatic carbocycles. The molecule has 0 aliphatic rings. The highest BCUT2D eigenvalue weighted by Crippen LogP contribution is 2.47. The average molecular weight is 654 g/mol. The van der Waals surface area contributed by atoms with Gasteiger partial charge < -0.3 is 13.9 Å². The van der Waals surface area contributed by atoms with Crippen LogP contribution in [-0.2, 0) is 0 Å². The van der Waals surface area contributed by atoms with E-state index in [1.165, 1.54) is 21.8 Å². The highest BCUT2D eigenvalue weighted by Gasteiger charge is 2.23. The average Bonchev–Trinajstić information content (AvgIpc) is 3.75. The predicted octanol–water partition coefficient (Wildman–Crippen LogP) is 12.9. The van der Waals surface area contributed by atoms with Crippen molar-refractivity contribution in [3.63, 3.8) is 0 Å². The summed E-state index contributed by atoms with van der Waals surface area (Å²) < 4.78 is 8.59. The summed E-state index contributed by atoms with van der Waals surface area (Å²) in [4.78, 5) is 6.80. The molecule has 0 saturated heterocycles. The molecule has 51 heavy (non-hydrogen) atoms. The standard InChI is InChI=1S/C47H31N3O/c1-3-12-32(13-4-1)37-18-11-19-38(33-22-24-35(25-23-33)50-43-20-9-7-16-39(43)40-17-8-10-21-44(40)50)47(37)49(34-14-5-2-6-15-34)36-26-27-45-41(30-36)42-31-48-29-28-46(42)51-45/h1-31H. The number of fused-ring (bicyclic) bond motifs is 6. The van der Waals surface area contributed by atoms with Gasteiger partial charge >= 0.3 is 0 Å². The zero-order valence-corrected chi connectivity index (χ0v) is 27.6. The van der Waals surface area contributed by atoms with Gasteiger partial charge in [-0.1, -0.05) is 115 Å². The van der Waals surface area contributed by atoms with Crippen LogP contribution in [0.3, 0.4) is 0 Å². The van der Waals surface area contributed by atoms with E-state index in [0.29, 0.717) is 0 Å². The molecule has 3 heterocycles. The largest absolute Gasteiger partial charge is 0.456 e. The Morgan fingerprint density at radius 3 is 1.76 bits per heavy atom. The summed E-state index contributed by atoms with van der Waals surface area (Å²) in [5.74, 6) is 0. The quantitative estimate of drug-likeness (QED) is 0.179. The van der Waals surface area contributed by atoms with E-state index in [0.717, 1.165) is 66.9 Å². The minimum atomic E-state index is 0.831. The van der Waals surface area contributed by atoms with E-state index in [9.17, 15) is 0 Å². The Labute approximate surface area is 295 Å². The lowest BCUT2D eigenvalue weighted by molar-refractivity contribution is 0.668. The van der Waals surface area contributed by atoms with E-state index >= 15 is 0 Å². The normalized spacial score (nSPS) is 11.5. The number of aromatic nitrogens is 2. The van der Waals surface area contributed by atoms with E-state index in [-0.39, 0.29) is 0 Å². The predicted molar refractivity (Wildman–Crippen MR) is 211 cm³/mol. The molecule has 4 nitrogen and oxygen atoms in total. The molecule has 4 heteroatoms. The third-order valence-electron chi connectivity index (χ3n) is 9.89. The summed E-state index contributed by atoms with van der Waals surface area (Å²) in [7, 11) is 0. The Morgan fingerprint density at radius 2 is 1.06 bits per heavy atom. The molecule has 10 aromatic rings. The molecule has 0 N–H and O–H groups in total. The maximum Gasteiger partial charge on any atom is 0.138 e. The smallest absolute Gasteiger partial charge is 0.138 e. The molecule has 0 aliphatic carbocycles. The first-order valence-corrected chi connectivity index (χ1v) is 17.2. The topological polar surface area (TPSA) is 34.2 Å². The van der Waals surface area contributed by atoms with E-state index < -0.39 is 0 Å². The molecule has 10 rings (SSSR count). The van der Waals surface area contributed by atoms with Gasteiger partial charge in [-0.15, -0.1) is 0 Å². The van der Waals surface area contributed by atoms with Crippen molar-refractivity contribution >= 4 is 60.8 Å². The second kappa shape index (κ2) is 11.9. The molecule has 3 aromatic heterocycles. The number of hydrogen-bond acceptors (Lipinski definition) is 3. The number of hydrogen-bond donors (Lipinski definition) is 0. The van der Waals surface area contributed by atoms with Gasteiger partial charge in [0.15, 0.2) is 0 Å². The van der Waals surface area contributed by atoms with Crippen LogP contribution in [0.15, 0.2) is 193 Å². The number of para-hydroxylation sites is 4. The molecule has 0 radical (unpaired) electrons. The second-order valence-electron chi connectivity index (χ2n) is 12.8. The van der Waals surface area contributed by atoms with Gasteiger partial charge in [0.2, 0.25) is 0 Å². The SMILES string of the molecule is c1ccc(-c2cccc(-c3ccc(-n4c5ccccc5c5ccccc54)cc3)c2N(c2ccccc2)c2ccc3oc4ccncc4c3c2)cc1. The van der Waals surface area contributed by atoms with Gasteiger partial charge in [-0.05, 0) is 71.8 Å². The van der Waals surface area contributed by atoms with Crippen molar-refractivity contribution in [3.05, 3.63) is 188 Å².